The summed E-state index contributed by atoms with van der Waals surface area (Å²) in [5.74, 6) is -0.103. The van der Waals surface area contributed by atoms with Crippen LogP contribution in [0.3, 0.4) is 0 Å². The van der Waals surface area contributed by atoms with Gasteiger partial charge in [0.15, 0.2) is 0 Å². The van der Waals surface area contributed by atoms with Gasteiger partial charge in [-0.3, -0.25) is 4.79 Å². The van der Waals surface area contributed by atoms with E-state index in [0.29, 0.717) is 30.0 Å². The quantitative estimate of drug-likeness (QED) is 0.577. The number of carbonyl (C=O) groups is 2. The first kappa shape index (κ1) is 16.6. The first-order valence-electron chi connectivity index (χ1n) is 7.22. The highest BCUT2D eigenvalue weighted by Gasteiger charge is 2.41. The van der Waals surface area contributed by atoms with Gasteiger partial charge in [0.1, 0.15) is 0 Å². The van der Waals surface area contributed by atoms with E-state index in [0.717, 1.165) is 18.5 Å². The van der Waals surface area contributed by atoms with Crippen LogP contribution in [0.1, 0.15) is 35.2 Å². The molecule has 1 aliphatic heterocycles. The lowest BCUT2D eigenvalue weighted by molar-refractivity contribution is 0.0919. The molecule has 1 aromatic carbocycles. The van der Waals surface area contributed by atoms with E-state index in [9.17, 15) is 9.59 Å². The van der Waals surface area contributed by atoms with Crippen molar-refractivity contribution >= 4 is 23.6 Å². The number of carbonyl (C=O) groups excluding carboxylic acids is 1. The Bertz CT molecular complexity index is 579. The molecule has 0 saturated heterocycles. The molecule has 0 radical (unpaired) electrons. The summed E-state index contributed by atoms with van der Waals surface area (Å²) in [6.07, 6.45) is 0.953. The van der Waals surface area contributed by atoms with Gasteiger partial charge in [0.2, 0.25) is 0 Å². The Morgan fingerprint density at radius 1 is 1.36 bits per heavy atom. The van der Waals surface area contributed by atoms with Crippen LogP contribution in [0, 0.1) is 0 Å². The number of rotatable bonds is 7. The summed E-state index contributed by atoms with van der Waals surface area (Å²) in [5, 5.41) is 17.7. The van der Waals surface area contributed by atoms with Gasteiger partial charge < -0.3 is 21.1 Å². The molecule has 1 aromatic rings. The SMILES string of the molecule is CNCCC1(CCCNC(=O)O)NC(=O)c2ccc(Cl)cc21. The van der Waals surface area contributed by atoms with Gasteiger partial charge in [-0.05, 0) is 56.6 Å². The molecule has 0 spiro atoms. The maximum atomic E-state index is 12.2. The predicted octanol–water partition coefficient (Wildman–Crippen LogP) is 1.94. The molecule has 1 atom stereocenters. The van der Waals surface area contributed by atoms with E-state index in [4.69, 9.17) is 16.7 Å². The molecule has 0 fully saturated rings. The number of fused-ring (bicyclic) bond motifs is 1. The lowest BCUT2D eigenvalue weighted by atomic mass is 9.83. The third-order valence-corrected chi connectivity index (χ3v) is 4.19. The van der Waals surface area contributed by atoms with Crippen LogP contribution in [0.25, 0.3) is 0 Å². The molecule has 22 heavy (non-hydrogen) atoms. The van der Waals surface area contributed by atoms with Crippen molar-refractivity contribution in [1.29, 1.82) is 0 Å². The summed E-state index contributed by atoms with van der Waals surface area (Å²) in [7, 11) is 1.86. The van der Waals surface area contributed by atoms with E-state index < -0.39 is 11.6 Å². The Morgan fingerprint density at radius 2 is 2.14 bits per heavy atom. The Balaban J connectivity index is 2.21. The number of halogens is 1. The van der Waals surface area contributed by atoms with Crippen LogP contribution in [0.4, 0.5) is 4.79 Å². The number of hydrogen-bond donors (Lipinski definition) is 4. The molecule has 1 aliphatic rings. The molecule has 0 aliphatic carbocycles. The summed E-state index contributed by atoms with van der Waals surface area (Å²) in [6.45, 7) is 1.08. The van der Waals surface area contributed by atoms with Crippen LogP contribution in [-0.2, 0) is 5.54 Å². The van der Waals surface area contributed by atoms with Crippen molar-refractivity contribution in [2.45, 2.75) is 24.8 Å². The van der Waals surface area contributed by atoms with Crippen LogP contribution < -0.4 is 16.0 Å². The van der Waals surface area contributed by atoms with Crippen molar-refractivity contribution in [3.63, 3.8) is 0 Å². The molecule has 0 bridgehead atoms. The van der Waals surface area contributed by atoms with Crippen LogP contribution in [0.2, 0.25) is 5.02 Å². The van der Waals surface area contributed by atoms with Gasteiger partial charge in [-0.1, -0.05) is 11.6 Å². The van der Waals surface area contributed by atoms with Gasteiger partial charge >= 0.3 is 6.09 Å². The monoisotopic (exact) mass is 325 g/mol. The third-order valence-electron chi connectivity index (χ3n) is 3.95. The van der Waals surface area contributed by atoms with Gasteiger partial charge in [0.05, 0.1) is 5.54 Å². The summed E-state index contributed by atoms with van der Waals surface area (Å²) < 4.78 is 0. The first-order valence-corrected chi connectivity index (χ1v) is 7.60. The second-order valence-corrected chi connectivity index (χ2v) is 5.85. The number of benzene rings is 1. The number of amides is 2. The minimum absolute atomic E-state index is 0.103. The maximum Gasteiger partial charge on any atom is 0.404 e. The summed E-state index contributed by atoms with van der Waals surface area (Å²) >= 11 is 6.09. The zero-order valence-electron chi connectivity index (χ0n) is 12.4. The average Bonchev–Trinajstić information content (AvgIpc) is 2.74. The zero-order valence-corrected chi connectivity index (χ0v) is 13.2. The third kappa shape index (κ3) is 3.51. The molecule has 4 N–H and O–H groups in total. The topological polar surface area (TPSA) is 90.5 Å². The van der Waals surface area contributed by atoms with Gasteiger partial charge in [-0.2, -0.15) is 0 Å². The molecule has 2 rings (SSSR count). The largest absolute Gasteiger partial charge is 0.465 e. The molecular formula is C15H20ClN3O3. The van der Waals surface area contributed by atoms with Crippen molar-refractivity contribution in [3.05, 3.63) is 34.3 Å². The van der Waals surface area contributed by atoms with Crippen molar-refractivity contribution in [3.8, 4) is 0 Å². The summed E-state index contributed by atoms with van der Waals surface area (Å²) in [5.41, 5.74) is 1.04. The van der Waals surface area contributed by atoms with Crippen molar-refractivity contribution in [2.24, 2.45) is 0 Å². The standard InChI is InChI=1S/C15H20ClN3O3/c1-17-8-6-15(5-2-7-18-14(21)22)12-9-10(16)3-4-11(12)13(20)19-15/h3-4,9,17-18H,2,5-8H2,1H3,(H,19,20)(H,21,22). The van der Waals surface area contributed by atoms with Crippen molar-refractivity contribution in [1.82, 2.24) is 16.0 Å². The van der Waals surface area contributed by atoms with E-state index in [-0.39, 0.29) is 5.91 Å². The molecule has 1 unspecified atom stereocenters. The van der Waals surface area contributed by atoms with E-state index in [2.05, 4.69) is 16.0 Å². The van der Waals surface area contributed by atoms with Gasteiger partial charge in [-0.15, -0.1) is 0 Å². The molecule has 1 heterocycles. The Hall–Kier alpha value is -1.79. The fraction of sp³-hybridized carbons (Fsp3) is 0.467. The predicted molar refractivity (Wildman–Crippen MR) is 84.4 cm³/mol. The average molecular weight is 326 g/mol. The van der Waals surface area contributed by atoms with E-state index in [1.54, 1.807) is 12.1 Å². The molecular weight excluding hydrogens is 306 g/mol. The van der Waals surface area contributed by atoms with Gasteiger partial charge in [0, 0.05) is 17.1 Å². The summed E-state index contributed by atoms with van der Waals surface area (Å²) in [4.78, 5) is 22.7. The lowest BCUT2D eigenvalue weighted by Crippen LogP contribution is -2.42. The molecule has 2 amide bonds. The van der Waals surface area contributed by atoms with Crippen LogP contribution in [0.15, 0.2) is 18.2 Å². The van der Waals surface area contributed by atoms with E-state index in [1.807, 2.05) is 13.1 Å². The van der Waals surface area contributed by atoms with Crippen molar-refractivity contribution in [2.75, 3.05) is 20.1 Å². The highest BCUT2D eigenvalue weighted by atomic mass is 35.5. The Kier molecular flexibility index (Phi) is 5.26. The number of carboxylic acid groups (broad SMARTS) is 1. The van der Waals surface area contributed by atoms with E-state index >= 15 is 0 Å². The molecule has 7 heteroatoms. The molecule has 6 nitrogen and oxygen atoms in total. The zero-order chi connectivity index (χ0) is 16.2. The lowest BCUT2D eigenvalue weighted by Gasteiger charge is -2.31. The molecule has 0 saturated carbocycles. The Labute approximate surface area is 134 Å². The number of hydrogen-bond acceptors (Lipinski definition) is 3. The molecule has 0 aromatic heterocycles. The van der Waals surface area contributed by atoms with Crippen LogP contribution in [0.5, 0.6) is 0 Å². The maximum absolute atomic E-state index is 12.2. The minimum atomic E-state index is -1.04. The van der Waals surface area contributed by atoms with Crippen molar-refractivity contribution < 1.29 is 14.7 Å². The normalized spacial score (nSPS) is 19.6. The second kappa shape index (κ2) is 6.98. The Morgan fingerprint density at radius 3 is 2.82 bits per heavy atom. The highest BCUT2D eigenvalue weighted by Crippen LogP contribution is 2.38. The fourth-order valence-corrected chi connectivity index (χ4v) is 3.08. The number of nitrogens with one attached hydrogen (secondary N) is 3. The fourth-order valence-electron chi connectivity index (χ4n) is 2.91. The van der Waals surface area contributed by atoms with Crippen LogP contribution in [-0.4, -0.2) is 37.2 Å². The van der Waals surface area contributed by atoms with Gasteiger partial charge in [0.25, 0.3) is 5.91 Å². The highest BCUT2D eigenvalue weighted by molar-refractivity contribution is 6.30. The van der Waals surface area contributed by atoms with Crippen LogP contribution >= 0.6 is 11.6 Å². The minimum Gasteiger partial charge on any atom is -0.465 e. The summed E-state index contributed by atoms with van der Waals surface area (Å²) in [6, 6.07) is 5.28. The second-order valence-electron chi connectivity index (χ2n) is 5.42. The molecule has 120 valence electrons. The van der Waals surface area contributed by atoms with Gasteiger partial charge in [-0.25, -0.2) is 4.79 Å². The first-order chi connectivity index (χ1) is 10.5. The van der Waals surface area contributed by atoms with E-state index in [1.165, 1.54) is 0 Å². The smallest absolute Gasteiger partial charge is 0.404 e.